The Morgan fingerprint density at radius 3 is 2.61 bits per heavy atom. The summed E-state index contributed by atoms with van der Waals surface area (Å²) in [6.07, 6.45) is 7.84. The van der Waals surface area contributed by atoms with E-state index in [1.54, 1.807) is 0 Å². The van der Waals surface area contributed by atoms with Crippen LogP contribution in [0.4, 0.5) is 0 Å². The number of nitrogens with zero attached hydrogens (tertiary/aromatic N) is 3. The average Bonchev–Trinajstić information content (AvgIpc) is 2.95. The zero-order valence-electron chi connectivity index (χ0n) is 13.9. The van der Waals surface area contributed by atoms with E-state index >= 15 is 0 Å². The standard InChI is InChI=1S/C19H27N3O/c1-21-12-9-20-19(21)14-17-7-10-22(11-8-17)15-18(23)13-16-5-3-2-4-6-16/h2-6,9,12,17-18,23H,7-8,10-11,13-15H2,1H3. The van der Waals surface area contributed by atoms with Crippen LogP contribution in [0, 0.1) is 5.92 Å². The lowest BCUT2D eigenvalue weighted by Crippen LogP contribution is -2.40. The van der Waals surface area contributed by atoms with E-state index in [2.05, 4.69) is 33.6 Å². The highest BCUT2D eigenvalue weighted by Crippen LogP contribution is 2.21. The van der Waals surface area contributed by atoms with Crippen molar-refractivity contribution in [3.8, 4) is 0 Å². The van der Waals surface area contributed by atoms with Crippen LogP contribution in [0.25, 0.3) is 0 Å². The monoisotopic (exact) mass is 313 g/mol. The fourth-order valence-electron chi connectivity index (χ4n) is 3.47. The van der Waals surface area contributed by atoms with Gasteiger partial charge in [0, 0.05) is 32.4 Å². The molecule has 0 aliphatic carbocycles. The molecule has 1 atom stereocenters. The third-order valence-corrected chi connectivity index (χ3v) is 4.88. The number of aliphatic hydroxyl groups is 1. The summed E-state index contributed by atoms with van der Waals surface area (Å²) < 4.78 is 2.12. The highest BCUT2D eigenvalue weighted by atomic mass is 16.3. The summed E-state index contributed by atoms with van der Waals surface area (Å²) in [4.78, 5) is 6.84. The van der Waals surface area contributed by atoms with Crippen LogP contribution >= 0.6 is 0 Å². The Hall–Kier alpha value is -1.65. The predicted molar refractivity (Wildman–Crippen MR) is 92.2 cm³/mol. The van der Waals surface area contributed by atoms with Gasteiger partial charge in [-0.05, 0) is 43.8 Å². The van der Waals surface area contributed by atoms with E-state index in [0.29, 0.717) is 0 Å². The quantitative estimate of drug-likeness (QED) is 0.889. The van der Waals surface area contributed by atoms with Crippen LogP contribution < -0.4 is 0 Å². The van der Waals surface area contributed by atoms with Gasteiger partial charge in [-0.1, -0.05) is 30.3 Å². The van der Waals surface area contributed by atoms with Gasteiger partial charge in [-0.2, -0.15) is 0 Å². The van der Waals surface area contributed by atoms with Crippen molar-refractivity contribution in [2.24, 2.45) is 13.0 Å². The number of benzene rings is 1. The molecule has 0 spiro atoms. The van der Waals surface area contributed by atoms with Crippen molar-refractivity contribution >= 4 is 0 Å². The molecular formula is C19H27N3O. The summed E-state index contributed by atoms with van der Waals surface area (Å²) >= 11 is 0. The van der Waals surface area contributed by atoms with E-state index in [0.717, 1.165) is 38.4 Å². The summed E-state index contributed by atoms with van der Waals surface area (Å²) in [5.74, 6) is 1.91. The zero-order chi connectivity index (χ0) is 16.1. The van der Waals surface area contributed by atoms with E-state index in [1.165, 1.54) is 24.2 Å². The molecule has 1 N–H and O–H groups in total. The third-order valence-electron chi connectivity index (χ3n) is 4.88. The topological polar surface area (TPSA) is 41.3 Å². The summed E-state index contributed by atoms with van der Waals surface area (Å²) in [7, 11) is 2.07. The summed E-state index contributed by atoms with van der Waals surface area (Å²) in [6.45, 7) is 2.95. The molecule has 1 aromatic heterocycles. The average molecular weight is 313 g/mol. The van der Waals surface area contributed by atoms with Crippen molar-refractivity contribution in [1.82, 2.24) is 14.5 Å². The second-order valence-electron chi connectivity index (χ2n) is 6.75. The molecule has 3 rings (SSSR count). The molecule has 0 amide bonds. The molecule has 0 saturated carbocycles. The van der Waals surface area contributed by atoms with Gasteiger partial charge in [0.2, 0.25) is 0 Å². The first kappa shape index (κ1) is 16.2. The Morgan fingerprint density at radius 1 is 1.22 bits per heavy atom. The molecule has 1 saturated heterocycles. The number of aliphatic hydroxyl groups excluding tert-OH is 1. The van der Waals surface area contributed by atoms with Gasteiger partial charge in [0.25, 0.3) is 0 Å². The molecule has 1 aromatic carbocycles. The highest BCUT2D eigenvalue weighted by Gasteiger charge is 2.22. The Labute approximate surface area is 138 Å². The number of β-amino-alcohol motifs (C(OH)–C–C–N with tert-alkyl or cyclic N) is 1. The molecule has 23 heavy (non-hydrogen) atoms. The molecule has 4 heteroatoms. The van der Waals surface area contributed by atoms with Crippen molar-refractivity contribution in [3.63, 3.8) is 0 Å². The normalized spacial score (nSPS) is 18.2. The van der Waals surface area contributed by atoms with Gasteiger partial charge in [-0.25, -0.2) is 4.98 Å². The number of hydrogen-bond donors (Lipinski definition) is 1. The van der Waals surface area contributed by atoms with Crippen molar-refractivity contribution < 1.29 is 5.11 Å². The van der Waals surface area contributed by atoms with Crippen molar-refractivity contribution in [2.75, 3.05) is 19.6 Å². The number of hydrogen-bond acceptors (Lipinski definition) is 3. The molecule has 1 aliphatic heterocycles. The minimum absolute atomic E-state index is 0.275. The van der Waals surface area contributed by atoms with Crippen LogP contribution in [-0.4, -0.2) is 45.3 Å². The summed E-state index contributed by atoms with van der Waals surface area (Å²) in [6, 6.07) is 10.3. The minimum Gasteiger partial charge on any atom is -0.391 e. The fourth-order valence-corrected chi connectivity index (χ4v) is 3.47. The van der Waals surface area contributed by atoms with E-state index in [1.807, 2.05) is 30.6 Å². The molecule has 4 nitrogen and oxygen atoms in total. The second-order valence-corrected chi connectivity index (χ2v) is 6.75. The maximum atomic E-state index is 10.3. The molecule has 1 fully saturated rings. The van der Waals surface area contributed by atoms with Crippen LogP contribution in [0.5, 0.6) is 0 Å². The van der Waals surface area contributed by atoms with Gasteiger partial charge in [0.05, 0.1) is 6.10 Å². The molecule has 124 valence electrons. The predicted octanol–water partition coefficient (Wildman–Crippen LogP) is 2.28. The molecule has 0 bridgehead atoms. The number of imidazole rings is 1. The van der Waals surface area contributed by atoms with E-state index in [-0.39, 0.29) is 6.10 Å². The molecule has 0 radical (unpaired) electrons. The Balaban J connectivity index is 1.41. The molecule has 2 aromatic rings. The van der Waals surface area contributed by atoms with E-state index in [9.17, 15) is 5.11 Å². The maximum Gasteiger partial charge on any atom is 0.108 e. The third kappa shape index (κ3) is 4.66. The lowest BCUT2D eigenvalue weighted by molar-refractivity contribution is 0.0890. The van der Waals surface area contributed by atoms with Gasteiger partial charge in [0.15, 0.2) is 0 Å². The summed E-state index contributed by atoms with van der Waals surface area (Å²) in [5, 5.41) is 10.3. The molecule has 1 aliphatic rings. The number of aromatic nitrogens is 2. The van der Waals surface area contributed by atoms with Crippen LogP contribution in [0.1, 0.15) is 24.2 Å². The molecule has 2 heterocycles. The Kier molecular flexibility index (Phi) is 5.47. The van der Waals surface area contributed by atoms with Gasteiger partial charge in [-0.15, -0.1) is 0 Å². The number of piperidine rings is 1. The van der Waals surface area contributed by atoms with Crippen LogP contribution in [0.15, 0.2) is 42.7 Å². The lowest BCUT2D eigenvalue weighted by Gasteiger charge is -2.33. The van der Waals surface area contributed by atoms with Crippen LogP contribution in [0.3, 0.4) is 0 Å². The van der Waals surface area contributed by atoms with Gasteiger partial charge >= 0.3 is 0 Å². The Bertz CT molecular complexity index is 588. The molecule has 1 unspecified atom stereocenters. The number of likely N-dealkylation sites (tertiary alicyclic amines) is 1. The van der Waals surface area contributed by atoms with Gasteiger partial charge in [0.1, 0.15) is 5.82 Å². The fraction of sp³-hybridized carbons (Fsp3) is 0.526. The summed E-state index contributed by atoms with van der Waals surface area (Å²) in [5.41, 5.74) is 1.21. The number of rotatable bonds is 6. The Morgan fingerprint density at radius 2 is 1.96 bits per heavy atom. The van der Waals surface area contributed by atoms with E-state index < -0.39 is 0 Å². The van der Waals surface area contributed by atoms with Crippen molar-refractivity contribution in [3.05, 3.63) is 54.1 Å². The number of aryl methyl sites for hydroxylation is 1. The second kappa shape index (κ2) is 7.75. The van der Waals surface area contributed by atoms with Gasteiger partial charge in [-0.3, -0.25) is 0 Å². The van der Waals surface area contributed by atoms with Gasteiger partial charge < -0.3 is 14.6 Å². The zero-order valence-corrected chi connectivity index (χ0v) is 13.9. The maximum absolute atomic E-state index is 10.3. The lowest BCUT2D eigenvalue weighted by atomic mass is 9.93. The van der Waals surface area contributed by atoms with Crippen LogP contribution in [0.2, 0.25) is 0 Å². The van der Waals surface area contributed by atoms with Crippen LogP contribution in [-0.2, 0) is 19.9 Å². The first-order valence-electron chi connectivity index (χ1n) is 8.61. The first-order chi connectivity index (χ1) is 11.2. The smallest absolute Gasteiger partial charge is 0.108 e. The van der Waals surface area contributed by atoms with Crippen molar-refractivity contribution in [2.45, 2.75) is 31.8 Å². The minimum atomic E-state index is -0.275. The highest BCUT2D eigenvalue weighted by molar-refractivity contribution is 5.15. The molecular weight excluding hydrogens is 286 g/mol. The first-order valence-corrected chi connectivity index (χ1v) is 8.61. The van der Waals surface area contributed by atoms with Crippen molar-refractivity contribution in [1.29, 1.82) is 0 Å². The van der Waals surface area contributed by atoms with E-state index in [4.69, 9.17) is 0 Å². The SMILES string of the molecule is Cn1ccnc1CC1CCN(CC(O)Cc2ccccc2)CC1. The largest absolute Gasteiger partial charge is 0.391 e.